The summed E-state index contributed by atoms with van der Waals surface area (Å²) in [6, 6.07) is 9.18. The summed E-state index contributed by atoms with van der Waals surface area (Å²) in [7, 11) is 1.73. The lowest BCUT2D eigenvalue weighted by Crippen LogP contribution is -2.50. The summed E-state index contributed by atoms with van der Waals surface area (Å²) < 4.78 is 16.2. The smallest absolute Gasteiger partial charge is 0.234 e. The zero-order chi connectivity index (χ0) is 20.4. The highest BCUT2D eigenvalue weighted by Gasteiger charge is 2.39. The Kier molecular flexibility index (Phi) is 5.59. The second-order valence-electron chi connectivity index (χ2n) is 7.83. The summed E-state index contributed by atoms with van der Waals surface area (Å²) in [5.74, 6) is 0.274. The van der Waals surface area contributed by atoms with Crippen LogP contribution in [0.3, 0.4) is 0 Å². The molecule has 8 heteroatoms. The summed E-state index contributed by atoms with van der Waals surface area (Å²) in [6.45, 7) is 0. The lowest BCUT2D eigenvalue weighted by molar-refractivity contribution is -0.131. The average Bonchev–Trinajstić information content (AvgIpc) is 3.51. The second-order valence-corrected chi connectivity index (χ2v) is 8.78. The van der Waals surface area contributed by atoms with Gasteiger partial charge in [0, 0.05) is 13.1 Å². The van der Waals surface area contributed by atoms with E-state index in [0.717, 1.165) is 44.9 Å². The van der Waals surface area contributed by atoms with Crippen molar-refractivity contribution in [3.8, 4) is 17.5 Å². The van der Waals surface area contributed by atoms with Crippen LogP contribution < -0.4 is 0 Å². The molecule has 152 valence electrons. The monoisotopic (exact) mass is 413 g/mol. The van der Waals surface area contributed by atoms with Crippen molar-refractivity contribution in [3.05, 3.63) is 30.1 Å². The molecule has 0 bridgehead atoms. The number of carbonyl (C=O) groups excluding carboxylic acids is 1. The van der Waals surface area contributed by atoms with Gasteiger partial charge in [0.1, 0.15) is 11.4 Å². The van der Waals surface area contributed by atoms with Gasteiger partial charge < -0.3 is 4.90 Å². The van der Waals surface area contributed by atoms with Gasteiger partial charge in [-0.25, -0.2) is 4.39 Å². The van der Waals surface area contributed by atoms with E-state index in [-0.39, 0.29) is 23.5 Å². The van der Waals surface area contributed by atoms with Gasteiger partial charge in [-0.1, -0.05) is 43.2 Å². The molecular weight excluding hydrogens is 389 g/mol. The minimum atomic E-state index is -0.696. The maximum absolute atomic E-state index is 14.3. The first-order valence-corrected chi connectivity index (χ1v) is 11.0. The molecule has 4 rings (SSSR count). The molecule has 0 radical (unpaired) electrons. The summed E-state index contributed by atoms with van der Waals surface area (Å²) in [5.41, 5.74) is -0.272. The molecule has 0 saturated heterocycles. The first kappa shape index (κ1) is 19.9. The molecule has 1 aromatic carbocycles. The van der Waals surface area contributed by atoms with Crippen molar-refractivity contribution < 1.29 is 9.18 Å². The van der Waals surface area contributed by atoms with Crippen LogP contribution >= 0.6 is 11.8 Å². The van der Waals surface area contributed by atoms with Crippen LogP contribution in [0.25, 0.3) is 11.4 Å². The Morgan fingerprint density at radius 2 is 2.03 bits per heavy atom. The Labute approximate surface area is 174 Å². The quantitative estimate of drug-likeness (QED) is 0.664. The topological polar surface area (TPSA) is 74.8 Å². The Morgan fingerprint density at radius 1 is 1.31 bits per heavy atom. The number of hydrogen-bond donors (Lipinski definition) is 0. The van der Waals surface area contributed by atoms with Crippen molar-refractivity contribution in [2.75, 3.05) is 12.8 Å². The Hall–Kier alpha value is -2.40. The first-order chi connectivity index (χ1) is 14.1. The van der Waals surface area contributed by atoms with Crippen molar-refractivity contribution in [1.29, 1.82) is 5.26 Å². The van der Waals surface area contributed by atoms with E-state index in [1.807, 2.05) is 4.57 Å². The molecule has 6 nitrogen and oxygen atoms in total. The van der Waals surface area contributed by atoms with Crippen LogP contribution in [0.4, 0.5) is 4.39 Å². The van der Waals surface area contributed by atoms with Crippen LogP contribution in [0.1, 0.15) is 51.0 Å². The SMILES string of the molecule is CN(C(=O)CSc1nnc(-c2ccccc2F)n1C1CC1)C1(C#N)CCCCC1. The summed E-state index contributed by atoms with van der Waals surface area (Å²) in [4.78, 5) is 14.5. The van der Waals surface area contributed by atoms with Gasteiger partial charge >= 0.3 is 0 Å². The van der Waals surface area contributed by atoms with Gasteiger partial charge in [-0.05, 0) is 37.8 Å². The first-order valence-electron chi connectivity index (χ1n) is 10.1. The number of hydrogen-bond acceptors (Lipinski definition) is 5. The molecule has 0 unspecified atom stereocenters. The molecule has 2 aliphatic rings. The fourth-order valence-electron chi connectivity index (χ4n) is 3.98. The number of aromatic nitrogens is 3. The van der Waals surface area contributed by atoms with Crippen molar-refractivity contribution in [3.63, 3.8) is 0 Å². The molecule has 1 heterocycles. The minimum Gasteiger partial charge on any atom is -0.326 e. The molecule has 0 aliphatic heterocycles. The maximum Gasteiger partial charge on any atom is 0.234 e. The maximum atomic E-state index is 14.3. The van der Waals surface area contributed by atoms with Crippen LogP contribution in [0, 0.1) is 17.1 Å². The Bertz CT molecular complexity index is 943. The van der Waals surface area contributed by atoms with E-state index < -0.39 is 5.54 Å². The van der Waals surface area contributed by atoms with E-state index in [9.17, 15) is 14.4 Å². The Morgan fingerprint density at radius 3 is 2.69 bits per heavy atom. The van der Waals surface area contributed by atoms with Gasteiger partial charge in [-0.2, -0.15) is 5.26 Å². The van der Waals surface area contributed by atoms with Crippen molar-refractivity contribution >= 4 is 17.7 Å². The molecule has 0 spiro atoms. The standard InChI is InChI=1S/C21H24FN5OS/c1-26(21(14-23)11-5-2-6-12-21)18(28)13-29-20-25-24-19(27(20)15-9-10-15)16-7-3-4-8-17(16)22/h3-4,7-8,15H,2,5-6,9-13H2,1H3. The number of halogens is 1. The highest BCUT2D eigenvalue weighted by atomic mass is 32.2. The van der Waals surface area contributed by atoms with Crippen molar-refractivity contribution in [1.82, 2.24) is 19.7 Å². The van der Waals surface area contributed by atoms with Crippen molar-refractivity contribution in [2.24, 2.45) is 0 Å². The number of nitriles is 1. The molecular formula is C21H24FN5OS. The number of nitrogens with zero attached hydrogens (tertiary/aromatic N) is 5. The third-order valence-corrected chi connectivity index (χ3v) is 6.85. The van der Waals surface area contributed by atoms with Crippen LogP contribution in [-0.4, -0.2) is 43.9 Å². The highest BCUT2D eigenvalue weighted by Crippen LogP contribution is 2.41. The summed E-state index contributed by atoms with van der Waals surface area (Å²) >= 11 is 1.31. The van der Waals surface area contributed by atoms with Gasteiger partial charge in [0.15, 0.2) is 11.0 Å². The van der Waals surface area contributed by atoms with Crippen LogP contribution in [0.5, 0.6) is 0 Å². The van der Waals surface area contributed by atoms with E-state index in [4.69, 9.17) is 0 Å². The van der Waals surface area contributed by atoms with E-state index in [1.54, 1.807) is 30.1 Å². The molecule has 1 aromatic heterocycles. The van der Waals surface area contributed by atoms with E-state index in [2.05, 4.69) is 16.3 Å². The molecule has 0 N–H and O–H groups in total. The van der Waals surface area contributed by atoms with Crippen molar-refractivity contribution in [2.45, 2.75) is 61.7 Å². The molecule has 2 aromatic rings. The van der Waals surface area contributed by atoms with Gasteiger partial charge in [-0.3, -0.25) is 9.36 Å². The number of rotatable bonds is 6. The van der Waals surface area contributed by atoms with Crippen LogP contribution in [0.15, 0.2) is 29.4 Å². The Balaban J connectivity index is 1.51. The third-order valence-electron chi connectivity index (χ3n) is 5.92. The average molecular weight is 414 g/mol. The second kappa shape index (κ2) is 8.15. The lowest BCUT2D eigenvalue weighted by atomic mass is 9.81. The predicted molar refractivity (Wildman–Crippen MR) is 109 cm³/mol. The van der Waals surface area contributed by atoms with E-state index >= 15 is 0 Å². The normalized spacial score (nSPS) is 18.2. The molecule has 2 fully saturated rings. The summed E-state index contributed by atoms with van der Waals surface area (Å²) in [6.07, 6.45) is 6.51. The molecule has 0 atom stereocenters. The number of benzene rings is 1. The fraction of sp³-hybridized carbons (Fsp3) is 0.524. The number of amides is 1. The predicted octanol–water partition coefficient (Wildman–Crippen LogP) is 4.20. The molecule has 2 saturated carbocycles. The molecule has 1 amide bonds. The summed E-state index contributed by atoms with van der Waals surface area (Å²) in [5, 5.41) is 18.8. The van der Waals surface area contributed by atoms with Gasteiger partial charge in [0.05, 0.1) is 17.4 Å². The third kappa shape index (κ3) is 3.88. The zero-order valence-corrected chi connectivity index (χ0v) is 17.3. The number of carbonyl (C=O) groups is 1. The molecule has 29 heavy (non-hydrogen) atoms. The highest BCUT2D eigenvalue weighted by molar-refractivity contribution is 7.99. The number of thioether (sulfide) groups is 1. The fourth-order valence-corrected chi connectivity index (χ4v) is 4.90. The van der Waals surface area contributed by atoms with Crippen LogP contribution in [-0.2, 0) is 4.79 Å². The van der Waals surface area contributed by atoms with Gasteiger partial charge in [0.2, 0.25) is 5.91 Å². The zero-order valence-electron chi connectivity index (χ0n) is 16.5. The molecule has 2 aliphatic carbocycles. The van der Waals surface area contributed by atoms with Crippen LogP contribution in [0.2, 0.25) is 0 Å². The van der Waals surface area contributed by atoms with Gasteiger partial charge in [-0.15, -0.1) is 10.2 Å². The lowest BCUT2D eigenvalue weighted by Gasteiger charge is -2.39. The largest absolute Gasteiger partial charge is 0.326 e. The van der Waals surface area contributed by atoms with E-state index in [1.165, 1.54) is 17.8 Å². The minimum absolute atomic E-state index is 0.0868. The van der Waals surface area contributed by atoms with E-state index in [0.29, 0.717) is 16.5 Å². The van der Waals surface area contributed by atoms with Gasteiger partial charge in [0.25, 0.3) is 0 Å².